The zero-order valence-electron chi connectivity index (χ0n) is 19.8. The zero-order chi connectivity index (χ0) is 25.9. The highest BCUT2D eigenvalue weighted by atomic mass is 35.5. The highest BCUT2D eigenvalue weighted by Gasteiger charge is 2.40. The summed E-state index contributed by atoms with van der Waals surface area (Å²) >= 11 is 5.82. The van der Waals surface area contributed by atoms with Crippen LogP contribution in [0, 0.1) is 11.2 Å². The van der Waals surface area contributed by atoms with Gasteiger partial charge in [-0.1, -0.05) is 48.9 Å². The van der Waals surface area contributed by atoms with Gasteiger partial charge in [0.15, 0.2) is 5.69 Å². The van der Waals surface area contributed by atoms with Crippen molar-refractivity contribution in [2.75, 3.05) is 26.3 Å². The third-order valence-electron chi connectivity index (χ3n) is 6.46. The number of carbonyl (C=O) groups excluding carboxylic acids is 3. The van der Waals surface area contributed by atoms with Crippen LogP contribution in [0.1, 0.15) is 29.4 Å². The maximum absolute atomic E-state index is 14.2. The molecule has 1 aromatic heterocycles. The number of nitrogens with zero attached hydrogens (tertiary/aromatic N) is 3. The van der Waals surface area contributed by atoms with Crippen molar-refractivity contribution in [3.05, 3.63) is 64.6 Å². The van der Waals surface area contributed by atoms with Crippen molar-refractivity contribution in [2.24, 2.45) is 11.1 Å². The van der Waals surface area contributed by atoms with E-state index in [9.17, 15) is 18.8 Å². The lowest BCUT2D eigenvalue weighted by Crippen LogP contribution is -2.54. The van der Waals surface area contributed by atoms with E-state index in [0.29, 0.717) is 30.7 Å². The van der Waals surface area contributed by atoms with Crippen molar-refractivity contribution in [3.63, 3.8) is 0 Å². The van der Waals surface area contributed by atoms with Crippen LogP contribution in [0.4, 0.5) is 4.39 Å². The van der Waals surface area contributed by atoms with E-state index in [-0.39, 0.29) is 47.2 Å². The number of para-hydroxylation sites is 1. The number of ether oxygens (including phenoxy) is 1. The minimum Gasteiger partial charge on any atom is -0.380 e. The van der Waals surface area contributed by atoms with Gasteiger partial charge in [-0.05, 0) is 18.6 Å². The minimum atomic E-state index is -0.696. The number of primary amides is 1. The van der Waals surface area contributed by atoms with Gasteiger partial charge in [-0.3, -0.25) is 19.1 Å². The van der Waals surface area contributed by atoms with Gasteiger partial charge < -0.3 is 20.7 Å². The van der Waals surface area contributed by atoms with Crippen molar-refractivity contribution in [2.45, 2.75) is 26.4 Å². The molecule has 3 amide bonds. The van der Waals surface area contributed by atoms with Gasteiger partial charge in [-0.15, -0.1) is 0 Å². The third-order valence-corrected chi connectivity index (χ3v) is 6.76. The number of benzene rings is 2. The zero-order valence-corrected chi connectivity index (χ0v) is 20.6. The molecule has 0 aliphatic carbocycles. The lowest BCUT2D eigenvalue weighted by atomic mass is 9.82. The summed E-state index contributed by atoms with van der Waals surface area (Å²) in [6, 6.07) is 11.5. The highest BCUT2D eigenvalue weighted by Crippen LogP contribution is 2.32. The van der Waals surface area contributed by atoms with Crippen LogP contribution >= 0.6 is 11.6 Å². The molecule has 1 saturated heterocycles. The van der Waals surface area contributed by atoms with Crippen molar-refractivity contribution in [1.29, 1.82) is 0 Å². The van der Waals surface area contributed by atoms with Crippen LogP contribution in [0.15, 0.2) is 42.5 Å². The first kappa shape index (κ1) is 25.6. The summed E-state index contributed by atoms with van der Waals surface area (Å²) in [5.41, 5.74) is 6.11. The van der Waals surface area contributed by atoms with Gasteiger partial charge >= 0.3 is 0 Å². The van der Waals surface area contributed by atoms with E-state index in [1.54, 1.807) is 30.3 Å². The maximum Gasteiger partial charge on any atom is 0.269 e. The number of hydrogen-bond donors (Lipinski definition) is 2. The lowest BCUT2D eigenvalue weighted by Gasteiger charge is -2.44. The number of rotatable bonds is 10. The second-order valence-corrected chi connectivity index (χ2v) is 9.38. The summed E-state index contributed by atoms with van der Waals surface area (Å²) in [5.74, 6) is -2.10. The Kier molecular flexibility index (Phi) is 7.56. The first-order valence-corrected chi connectivity index (χ1v) is 11.9. The molecule has 3 N–H and O–H groups in total. The van der Waals surface area contributed by atoms with Crippen LogP contribution in [0.25, 0.3) is 10.9 Å². The molecule has 0 radical (unpaired) electrons. The number of amides is 3. The van der Waals surface area contributed by atoms with Crippen LogP contribution in [0.3, 0.4) is 0 Å². The fourth-order valence-electron chi connectivity index (χ4n) is 4.20. The molecule has 36 heavy (non-hydrogen) atoms. The van der Waals surface area contributed by atoms with Crippen molar-refractivity contribution < 1.29 is 23.5 Å². The average Bonchev–Trinajstić information content (AvgIpc) is 3.20. The first-order valence-electron chi connectivity index (χ1n) is 11.5. The van der Waals surface area contributed by atoms with Crippen molar-refractivity contribution in [1.82, 2.24) is 20.0 Å². The smallest absolute Gasteiger partial charge is 0.269 e. The highest BCUT2D eigenvalue weighted by molar-refractivity contribution is 6.30. The number of halogens is 2. The summed E-state index contributed by atoms with van der Waals surface area (Å²) in [5, 5.41) is 7.42. The third kappa shape index (κ3) is 5.34. The molecule has 0 saturated carbocycles. The van der Waals surface area contributed by atoms with Gasteiger partial charge in [0.1, 0.15) is 12.4 Å². The number of nitrogens with two attached hydrogens (primary N) is 1. The Morgan fingerprint density at radius 1 is 1.22 bits per heavy atom. The van der Waals surface area contributed by atoms with Gasteiger partial charge in [-0.2, -0.15) is 5.10 Å². The van der Waals surface area contributed by atoms with Gasteiger partial charge in [-0.25, -0.2) is 4.39 Å². The molecule has 190 valence electrons. The topological polar surface area (TPSA) is 120 Å². The van der Waals surface area contributed by atoms with E-state index >= 15 is 0 Å². The summed E-state index contributed by atoms with van der Waals surface area (Å²) in [6.07, 6.45) is 0.767. The predicted molar refractivity (Wildman–Crippen MR) is 132 cm³/mol. The van der Waals surface area contributed by atoms with Crippen molar-refractivity contribution in [3.8, 4) is 0 Å². The fraction of sp³-hybridized carbons (Fsp3) is 0.360. The number of fused-ring (bicyclic) bond motifs is 1. The molecule has 9 nitrogen and oxygen atoms in total. The molecular formula is C25H27ClFN5O4. The number of aromatic nitrogens is 2. The molecular weight excluding hydrogens is 489 g/mol. The second-order valence-electron chi connectivity index (χ2n) is 8.97. The molecule has 2 heterocycles. The van der Waals surface area contributed by atoms with Gasteiger partial charge in [0.05, 0.1) is 30.3 Å². The number of nitrogens with one attached hydrogen (secondary N) is 1. The fourth-order valence-corrected chi connectivity index (χ4v) is 4.40. The predicted octanol–water partition coefficient (Wildman–Crippen LogP) is 2.50. The van der Waals surface area contributed by atoms with Crippen LogP contribution in [-0.2, 0) is 27.4 Å². The number of carbonyl (C=O) groups is 3. The molecule has 2 aromatic carbocycles. The Hall–Kier alpha value is -3.50. The van der Waals surface area contributed by atoms with Crippen molar-refractivity contribution >= 4 is 40.2 Å². The molecule has 0 bridgehead atoms. The molecule has 3 aromatic rings. The van der Waals surface area contributed by atoms with E-state index in [1.165, 1.54) is 21.7 Å². The van der Waals surface area contributed by atoms with E-state index in [1.807, 2.05) is 6.92 Å². The summed E-state index contributed by atoms with van der Waals surface area (Å²) < 4.78 is 21.0. The Morgan fingerprint density at radius 2 is 1.97 bits per heavy atom. The van der Waals surface area contributed by atoms with Gasteiger partial charge in [0.2, 0.25) is 11.8 Å². The van der Waals surface area contributed by atoms with E-state index in [4.69, 9.17) is 22.1 Å². The minimum absolute atomic E-state index is 0.0322. The van der Waals surface area contributed by atoms with Crippen LogP contribution in [0.2, 0.25) is 5.02 Å². The maximum atomic E-state index is 14.2. The molecule has 0 atom stereocenters. The van der Waals surface area contributed by atoms with E-state index in [0.717, 1.165) is 6.42 Å². The van der Waals surface area contributed by atoms with Crippen LogP contribution in [-0.4, -0.2) is 58.7 Å². The van der Waals surface area contributed by atoms with E-state index < -0.39 is 17.6 Å². The normalized spacial score (nSPS) is 14.3. The molecule has 0 unspecified atom stereocenters. The summed E-state index contributed by atoms with van der Waals surface area (Å²) in [7, 11) is 0. The average molecular weight is 516 g/mol. The standard InChI is InChI=1S/C25H27ClFN5O4/c1-2-25(14-36-15-25)13-31(11-20(33)29-10-16-6-5-8-18(26)22(16)27)21(34)12-32-19-9-4-3-7-17(19)23(30-32)24(28)35/h3-9H,2,10-15H2,1H3,(H2,28,35)(H,29,33). The lowest BCUT2D eigenvalue weighted by molar-refractivity contribution is -0.152. The quantitative estimate of drug-likeness (QED) is 0.430. The molecule has 1 aliphatic heterocycles. The van der Waals surface area contributed by atoms with Gasteiger partial charge in [0.25, 0.3) is 5.91 Å². The summed E-state index contributed by atoms with van der Waals surface area (Å²) in [4.78, 5) is 39.5. The van der Waals surface area contributed by atoms with E-state index in [2.05, 4.69) is 10.4 Å². The van der Waals surface area contributed by atoms with Crippen LogP contribution in [0.5, 0.6) is 0 Å². The largest absolute Gasteiger partial charge is 0.380 e. The first-order chi connectivity index (χ1) is 17.2. The SMILES string of the molecule is CCC1(CN(CC(=O)NCc2cccc(Cl)c2F)C(=O)Cn2nc(C(N)=O)c3ccccc32)COC1. The van der Waals surface area contributed by atoms with Crippen LogP contribution < -0.4 is 11.1 Å². The number of hydrogen-bond acceptors (Lipinski definition) is 5. The molecule has 1 aliphatic rings. The Morgan fingerprint density at radius 3 is 2.64 bits per heavy atom. The Labute approximate surface area is 212 Å². The summed E-state index contributed by atoms with van der Waals surface area (Å²) in [6.45, 7) is 2.80. The van der Waals surface area contributed by atoms with Gasteiger partial charge in [0, 0.05) is 29.5 Å². The molecule has 11 heteroatoms. The Balaban J connectivity index is 1.52. The second kappa shape index (κ2) is 10.6. The Bertz CT molecular complexity index is 1300. The molecule has 0 spiro atoms. The molecule has 1 fully saturated rings. The monoisotopic (exact) mass is 515 g/mol. The molecule has 4 rings (SSSR count).